The van der Waals surface area contributed by atoms with Gasteiger partial charge in [-0.25, -0.2) is 31.8 Å². The Labute approximate surface area is 286 Å². The molecule has 2 aromatic carbocycles. The molecule has 4 aromatic rings. The number of nitrogens with one attached hydrogen (secondary N) is 1. The highest BCUT2D eigenvalue weighted by Crippen LogP contribution is 2.33. The molecule has 1 aliphatic heterocycles. The molecule has 0 amide bonds. The van der Waals surface area contributed by atoms with Crippen molar-refractivity contribution in [2.24, 2.45) is 4.99 Å². The Balaban J connectivity index is 0.000000213. The van der Waals surface area contributed by atoms with Crippen LogP contribution >= 0.6 is 57.9 Å². The minimum absolute atomic E-state index is 0.0257. The number of fused-ring (bicyclic) bond motifs is 1. The SMILES string of the molecule is Cc1nn(-c2cc(NS(C)(=O)=O)c(Cl)cc2Cl)c(=O)n1C(F)F.O=C(O)CSc1cc(N=c2sc(=O)n3n2CCCC3)c(F)cc1Cl. The summed E-state index contributed by atoms with van der Waals surface area (Å²) < 4.78 is 68.8. The zero-order valence-electron chi connectivity index (χ0n) is 24.1. The number of aliphatic carboxylic acids is 1. The van der Waals surface area contributed by atoms with Crippen LogP contribution in [-0.4, -0.2) is 55.2 Å². The zero-order valence-corrected chi connectivity index (χ0v) is 28.8. The van der Waals surface area contributed by atoms with Crippen molar-refractivity contribution in [1.29, 1.82) is 0 Å². The van der Waals surface area contributed by atoms with Crippen LogP contribution in [0.2, 0.25) is 15.1 Å². The van der Waals surface area contributed by atoms with Crippen molar-refractivity contribution in [2.75, 3.05) is 16.7 Å². The number of hydrogen-bond donors (Lipinski definition) is 2. The van der Waals surface area contributed by atoms with E-state index in [4.69, 9.17) is 39.9 Å². The smallest absolute Gasteiger partial charge is 0.355 e. The molecule has 0 fully saturated rings. The third-order valence-electron chi connectivity index (χ3n) is 6.20. The van der Waals surface area contributed by atoms with E-state index in [9.17, 15) is 36.0 Å². The average Bonchev–Trinajstić information content (AvgIpc) is 3.45. The topological polar surface area (TPSA) is 163 Å². The number of carbonyl (C=O) groups is 1. The molecule has 13 nitrogen and oxygen atoms in total. The second kappa shape index (κ2) is 14.9. The number of carboxylic acids is 1. The van der Waals surface area contributed by atoms with E-state index in [2.05, 4.69) is 14.8 Å². The first-order valence-electron chi connectivity index (χ1n) is 13.1. The second-order valence-electron chi connectivity index (χ2n) is 9.68. The highest BCUT2D eigenvalue weighted by molar-refractivity contribution is 8.00. The lowest BCUT2D eigenvalue weighted by atomic mass is 10.3. The van der Waals surface area contributed by atoms with Crippen molar-refractivity contribution in [3.63, 3.8) is 0 Å². The van der Waals surface area contributed by atoms with Crippen LogP contribution in [0.5, 0.6) is 0 Å². The van der Waals surface area contributed by atoms with Crippen LogP contribution in [0.4, 0.5) is 24.5 Å². The van der Waals surface area contributed by atoms with Crippen LogP contribution in [0.1, 0.15) is 25.2 Å². The predicted octanol–water partition coefficient (Wildman–Crippen LogP) is 5.12. The summed E-state index contributed by atoms with van der Waals surface area (Å²) in [5, 5.41) is 12.5. The molecule has 2 N–H and O–H groups in total. The van der Waals surface area contributed by atoms with Crippen molar-refractivity contribution in [2.45, 2.75) is 44.3 Å². The van der Waals surface area contributed by atoms with Crippen LogP contribution in [0.3, 0.4) is 0 Å². The Hall–Kier alpha value is -3.23. The fraction of sp³-hybridized carbons (Fsp3) is 0.320. The number of nitrogens with zero attached hydrogens (tertiary/aromatic N) is 6. The quantitative estimate of drug-likeness (QED) is 0.233. The van der Waals surface area contributed by atoms with Crippen LogP contribution in [0.15, 0.2) is 43.7 Å². The van der Waals surface area contributed by atoms with Gasteiger partial charge in [-0.3, -0.25) is 19.0 Å². The molecule has 254 valence electrons. The summed E-state index contributed by atoms with van der Waals surface area (Å²) >= 11 is 19.8. The van der Waals surface area contributed by atoms with E-state index in [-0.39, 0.29) is 53.1 Å². The maximum absolute atomic E-state index is 14.2. The molecule has 3 heterocycles. The highest BCUT2D eigenvalue weighted by Gasteiger charge is 2.21. The largest absolute Gasteiger partial charge is 0.481 e. The lowest BCUT2D eigenvalue weighted by Crippen LogP contribution is -2.31. The van der Waals surface area contributed by atoms with Crippen LogP contribution in [0.25, 0.3) is 5.69 Å². The van der Waals surface area contributed by atoms with Crippen molar-refractivity contribution in [3.05, 3.63) is 75.9 Å². The minimum atomic E-state index is -3.65. The van der Waals surface area contributed by atoms with E-state index >= 15 is 0 Å². The first-order chi connectivity index (χ1) is 22.0. The summed E-state index contributed by atoms with van der Waals surface area (Å²) in [5.74, 6) is -2.02. The predicted molar refractivity (Wildman–Crippen MR) is 173 cm³/mol. The number of thioether (sulfide) groups is 1. The highest BCUT2D eigenvalue weighted by atomic mass is 35.5. The van der Waals surface area contributed by atoms with E-state index < -0.39 is 34.0 Å². The normalized spacial score (nSPS) is 13.3. The lowest BCUT2D eigenvalue weighted by Gasteiger charge is -2.15. The number of aryl methyl sites for hydroxylation is 1. The van der Waals surface area contributed by atoms with Crippen molar-refractivity contribution < 1.29 is 31.5 Å². The van der Waals surface area contributed by atoms with Gasteiger partial charge in [-0.2, -0.15) is 13.5 Å². The molecule has 0 saturated heterocycles. The molecule has 0 spiro atoms. The Kier molecular flexibility index (Phi) is 11.6. The van der Waals surface area contributed by atoms with Crippen molar-refractivity contribution in [3.8, 4) is 5.69 Å². The van der Waals surface area contributed by atoms with Gasteiger partial charge in [-0.1, -0.05) is 34.8 Å². The number of rotatable bonds is 8. The summed E-state index contributed by atoms with van der Waals surface area (Å²) in [5.41, 5.74) is -1.23. The van der Waals surface area contributed by atoms with Gasteiger partial charge < -0.3 is 5.11 Å². The molecule has 0 radical (unpaired) electrons. The lowest BCUT2D eigenvalue weighted by molar-refractivity contribution is -0.133. The molecular formula is C25H23Cl3F3N7O6S3. The molecular weight excluding hydrogens is 754 g/mol. The fourth-order valence-corrected chi connectivity index (χ4v) is 7.22. The Morgan fingerprint density at radius 2 is 1.77 bits per heavy atom. The van der Waals surface area contributed by atoms with Gasteiger partial charge in [-0.15, -0.1) is 16.9 Å². The maximum atomic E-state index is 14.2. The van der Waals surface area contributed by atoms with Gasteiger partial charge in [0.2, 0.25) is 14.8 Å². The summed E-state index contributed by atoms with van der Waals surface area (Å²) in [7, 11) is -3.65. The molecule has 0 saturated carbocycles. The summed E-state index contributed by atoms with van der Waals surface area (Å²) in [6.45, 7) is -0.555. The van der Waals surface area contributed by atoms with E-state index in [1.807, 2.05) is 0 Å². The average molecular weight is 777 g/mol. The molecule has 47 heavy (non-hydrogen) atoms. The number of alkyl halides is 2. The number of benzene rings is 2. The second-order valence-corrected chi connectivity index (χ2v) is 14.6. The first-order valence-corrected chi connectivity index (χ1v) is 17.9. The van der Waals surface area contributed by atoms with Crippen LogP contribution in [0, 0.1) is 12.7 Å². The van der Waals surface area contributed by atoms with Gasteiger partial charge in [-0.05, 0) is 55.4 Å². The van der Waals surface area contributed by atoms with E-state index in [0.29, 0.717) is 27.5 Å². The van der Waals surface area contributed by atoms with E-state index in [1.165, 1.54) is 19.1 Å². The molecule has 1 aliphatic rings. The molecule has 2 aromatic heterocycles. The van der Waals surface area contributed by atoms with Gasteiger partial charge in [0, 0.05) is 18.0 Å². The molecule has 0 atom stereocenters. The number of anilines is 1. The number of hydrogen-bond acceptors (Lipinski definition) is 9. The van der Waals surface area contributed by atoms with Gasteiger partial charge in [0.05, 0.1) is 38.5 Å². The number of aromatic nitrogens is 5. The minimum Gasteiger partial charge on any atom is -0.481 e. The summed E-state index contributed by atoms with van der Waals surface area (Å²) in [4.78, 5) is 39.7. The van der Waals surface area contributed by atoms with Gasteiger partial charge in [0.15, 0.2) is 0 Å². The van der Waals surface area contributed by atoms with Crippen molar-refractivity contribution >= 4 is 85.3 Å². The van der Waals surface area contributed by atoms with Crippen molar-refractivity contribution in [1.82, 2.24) is 23.7 Å². The number of sulfonamides is 1. The summed E-state index contributed by atoms with van der Waals surface area (Å²) in [6.07, 6.45) is 2.77. The zero-order chi connectivity index (χ0) is 34.8. The molecule has 5 rings (SSSR count). The fourth-order valence-electron chi connectivity index (χ4n) is 4.21. The molecule has 0 aliphatic carbocycles. The van der Waals surface area contributed by atoms with Gasteiger partial charge in [0.1, 0.15) is 17.3 Å². The maximum Gasteiger partial charge on any atom is 0.355 e. The Morgan fingerprint density at radius 3 is 2.36 bits per heavy atom. The Morgan fingerprint density at radius 1 is 1.11 bits per heavy atom. The first kappa shape index (κ1) is 36.6. The number of carboxylic acid groups (broad SMARTS) is 1. The molecule has 0 bridgehead atoms. The standard InChI is InChI=1S/C14H13ClFN3O3S2.C11H10Cl2F2N4O3S/c15-8-5-9(16)10(6-11(8)23-7-12(20)21)17-13-18-3-1-2-4-19(18)14(22)24-13;1-5-16-19(11(20)18(5)10(14)15)9-4-8(17-23(2,21)22)6(12)3-7(9)13/h5-6H,1-4,7H2,(H,20,21);3-4,10,17H,1-2H3. The van der Waals surface area contributed by atoms with Gasteiger partial charge in [0.25, 0.3) is 0 Å². The Bertz CT molecular complexity index is 2150. The number of halogens is 6. The third-order valence-corrected chi connectivity index (χ3v) is 9.74. The van der Waals surface area contributed by atoms with Crippen LogP contribution in [-0.2, 0) is 27.9 Å². The monoisotopic (exact) mass is 775 g/mol. The third kappa shape index (κ3) is 8.82. The van der Waals surface area contributed by atoms with Crippen LogP contribution < -0.4 is 20.1 Å². The summed E-state index contributed by atoms with van der Waals surface area (Å²) in [6, 6.07) is 4.83. The molecule has 0 unspecified atom stereocenters. The van der Waals surface area contributed by atoms with E-state index in [0.717, 1.165) is 54.3 Å². The van der Waals surface area contributed by atoms with E-state index in [1.54, 1.807) is 9.36 Å². The van der Waals surface area contributed by atoms with Gasteiger partial charge >= 0.3 is 23.1 Å². The molecule has 22 heteroatoms.